The van der Waals surface area contributed by atoms with Crippen molar-refractivity contribution in [2.24, 2.45) is 0 Å². The number of rotatable bonds is 4. The Morgan fingerprint density at radius 1 is 1.33 bits per heavy atom. The Morgan fingerprint density at radius 2 is 2.00 bits per heavy atom. The van der Waals surface area contributed by atoms with Gasteiger partial charge in [0.1, 0.15) is 0 Å². The van der Waals surface area contributed by atoms with Crippen LogP contribution in [-0.4, -0.2) is 20.2 Å². The van der Waals surface area contributed by atoms with Crippen molar-refractivity contribution in [3.63, 3.8) is 0 Å². The summed E-state index contributed by atoms with van der Waals surface area (Å²) in [6.45, 7) is 2.04. The summed E-state index contributed by atoms with van der Waals surface area (Å²) < 4.78 is 9.85. The third-order valence-electron chi connectivity index (χ3n) is 2.37. The summed E-state index contributed by atoms with van der Waals surface area (Å²) >= 11 is 0. The summed E-state index contributed by atoms with van der Waals surface area (Å²) in [7, 11) is 2.87. The van der Waals surface area contributed by atoms with Gasteiger partial charge in [-0.25, -0.2) is 4.79 Å². The molecule has 82 valence electrons. The van der Waals surface area contributed by atoms with Crippen molar-refractivity contribution in [2.75, 3.05) is 14.2 Å². The largest absolute Gasteiger partial charge is 0.467 e. The predicted octanol–water partition coefficient (Wildman–Crippen LogP) is 2.11. The first-order chi connectivity index (χ1) is 7.24. The van der Waals surface area contributed by atoms with Crippen LogP contribution in [0.5, 0.6) is 0 Å². The van der Waals surface area contributed by atoms with E-state index in [0.717, 1.165) is 17.5 Å². The summed E-state index contributed by atoms with van der Waals surface area (Å²) in [6, 6.07) is 7.73. The van der Waals surface area contributed by atoms with Gasteiger partial charge >= 0.3 is 5.97 Å². The number of ether oxygens (including phenoxy) is 2. The first kappa shape index (κ1) is 11.7. The van der Waals surface area contributed by atoms with Gasteiger partial charge in [-0.1, -0.05) is 31.2 Å². The average Bonchev–Trinajstić information content (AvgIpc) is 2.30. The lowest BCUT2D eigenvalue weighted by molar-refractivity contribution is -0.152. The van der Waals surface area contributed by atoms with E-state index in [0.29, 0.717) is 0 Å². The Morgan fingerprint density at radius 3 is 2.53 bits per heavy atom. The molecule has 0 aliphatic rings. The fourth-order valence-corrected chi connectivity index (χ4v) is 1.57. The smallest absolute Gasteiger partial charge is 0.339 e. The van der Waals surface area contributed by atoms with Crippen molar-refractivity contribution >= 4 is 5.97 Å². The highest BCUT2D eigenvalue weighted by atomic mass is 16.6. The second kappa shape index (κ2) is 5.51. The Kier molecular flexibility index (Phi) is 4.31. The molecule has 0 saturated carbocycles. The Hall–Kier alpha value is -1.35. The minimum atomic E-state index is -0.619. The maximum absolute atomic E-state index is 11.5. The minimum Gasteiger partial charge on any atom is -0.467 e. The molecule has 1 aromatic rings. The van der Waals surface area contributed by atoms with E-state index in [4.69, 9.17) is 9.47 Å². The van der Waals surface area contributed by atoms with Crippen LogP contribution in [0.1, 0.15) is 24.2 Å². The van der Waals surface area contributed by atoms with Crippen molar-refractivity contribution in [3.8, 4) is 0 Å². The highest BCUT2D eigenvalue weighted by Crippen LogP contribution is 2.22. The standard InChI is InChI=1S/C12H16O3/c1-4-9-7-5-6-8-10(9)11(14-2)12(13)15-3/h5-8,11H,4H2,1-3H3. The van der Waals surface area contributed by atoms with Crippen molar-refractivity contribution in [1.82, 2.24) is 0 Å². The number of methoxy groups -OCH3 is 2. The Bertz CT molecular complexity index is 333. The number of aryl methyl sites for hydroxylation is 1. The lowest BCUT2D eigenvalue weighted by Crippen LogP contribution is -2.17. The van der Waals surface area contributed by atoms with Gasteiger partial charge < -0.3 is 9.47 Å². The van der Waals surface area contributed by atoms with Gasteiger partial charge in [0.05, 0.1) is 7.11 Å². The zero-order valence-electron chi connectivity index (χ0n) is 9.32. The zero-order chi connectivity index (χ0) is 11.3. The van der Waals surface area contributed by atoms with Crippen molar-refractivity contribution < 1.29 is 14.3 Å². The van der Waals surface area contributed by atoms with Crippen LogP contribution in [0.25, 0.3) is 0 Å². The highest BCUT2D eigenvalue weighted by Gasteiger charge is 2.22. The summed E-state index contributed by atoms with van der Waals surface area (Å²) in [5.41, 5.74) is 1.99. The molecule has 15 heavy (non-hydrogen) atoms. The van der Waals surface area contributed by atoms with Crippen LogP contribution in [-0.2, 0) is 20.7 Å². The molecule has 0 saturated heterocycles. The molecule has 0 spiro atoms. The average molecular weight is 208 g/mol. The summed E-state index contributed by atoms with van der Waals surface area (Å²) in [6.07, 6.45) is 0.249. The molecule has 0 fully saturated rings. The zero-order valence-corrected chi connectivity index (χ0v) is 9.32. The van der Waals surface area contributed by atoms with E-state index in [1.807, 2.05) is 31.2 Å². The van der Waals surface area contributed by atoms with E-state index in [2.05, 4.69) is 0 Å². The first-order valence-corrected chi connectivity index (χ1v) is 4.93. The molecule has 1 aromatic carbocycles. The molecule has 1 rings (SSSR count). The van der Waals surface area contributed by atoms with Gasteiger partial charge in [-0.3, -0.25) is 0 Å². The van der Waals surface area contributed by atoms with Crippen molar-refractivity contribution in [1.29, 1.82) is 0 Å². The summed E-state index contributed by atoms with van der Waals surface area (Å²) in [4.78, 5) is 11.5. The molecule has 0 aromatic heterocycles. The van der Waals surface area contributed by atoms with Gasteiger partial charge in [-0.15, -0.1) is 0 Å². The van der Waals surface area contributed by atoms with E-state index in [1.54, 1.807) is 0 Å². The van der Waals surface area contributed by atoms with Crippen LogP contribution in [0.15, 0.2) is 24.3 Å². The molecule has 0 aliphatic heterocycles. The van der Waals surface area contributed by atoms with Crippen LogP contribution >= 0.6 is 0 Å². The first-order valence-electron chi connectivity index (χ1n) is 4.93. The molecular formula is C12H16O3. The molecule has 0 N–H and O–H groups in total. The molecular weight excluding hydrogens is 192 g/mol. The molecule has 0 bridgehead atoms. The lowest BCUT2D eigenvalue weighted by Gasteiger charge is -2.16. The van der Waals surface area contributed by atoms with E-state index in [9.17, 15) is 4.79 Å². The number of benzene rings is 1. The van der Waals surface area contributed by atoms with Crippen LogP contribution in [0.3, 0.4) is 0 Å². The fraction of sp³-hybridized carbons (Fsp3) is 0.417. The topological polar surface area (TPSA) is 35.5 Å². The van der Waals surface area contributed by atoms with Crippen LogP contribution in [0, 0.1) is 0 Å². The second-order valence-electron chi connectivity index (χ2n) is 3.19. The van der Waals surface area contributed by atoms with E-state index in [-0.39, 0.29) is 5.97 Å². The van der Waals surface area contributed by atoms with Gasteiger partial charge in [0.15, 0.2) is 6.10 Å². The number of hydrogen-bond donors (Lipinski definition) is 0. The second-order valence-corrected chi connectivity index (χ2v) is 3.19. The van der Waals surface area contributed by atoms with E-state index >= 15 is 0 Å². The molecule has 3 heteroatoms. The maximum Gasteiger partial charge on any atom is 0.339 e. The normalized spacial score (nSPS) is 12.2. The number of carbonyl (C=O) groups is 1. The lowest BCUT2D eigenvalue weighted by atomic mass is 10.0. The van der Waals surface area contributed by atoms with Gasteiger partial charge in [-0.05, 0) is 17.5 Å². The van der Waals surface area contributed by atoms with Gasteiger partial charge in [0.2, 0.25) is 0 Å². The number of carbonyl (C=O) groups excluding carboxylic acids is 1. The van der Waals surface area contributed by atoms with Crippen LogP contribution < -0.4 is 0 Å². The predicted molar refractivity (Wildman–Crippen MR) is 57.6 cm³/mol. The monoisotopic (exact) mass is 208 g/mol. The number of esters is 1. The van der Waals surface area contributed by atoms with Crippen molar-refractivity contribution in [3.05, 3.63) is 35.4 Å². The fourth-order valence-electron chi connectivity index (χ4n) is 1.57. The van der Waals surface area contributed by atoms with Crippen LogP contribution in [0.4, 0.5) is 0 Å². The molecule has 0 amide bonds. The summed E-state index contributed by atoms with van der Waals surface area (Å²) in [5.74, 6) is -0.363. The maximum atomic E-state index is 11.5. The third kappa shape index (κ3) is 2.57. The summed E-state index contributed by atoms with van der Waals surface area (Å²) in [5, 5.41) is 0. The van der Waals surface area contributed by atoms with Crippen LogP contribution in [0.2, 0.25) is 0 Å². The molecule has 0 heterocycles. The van der Waals surface area contributed by atoms with E-state index < -0.39 is 6.10 Å². The SMILES string of the molecule is CCc1ccccc1C(OC)C(=O)OC. The quantitative estimate of drug-likeness (QED) is 0.711. The molecule has 0 aliphatic carbocycles. The molecule has 1 unspecified atom stereocenters. The molecule has 3 nitrogen and oxygen atoms in total. The third-order valence-corrected chi connectivity index (χ3v) is 2.37. The Balaban J connectivity index is 3.05. The van der Waals surface area contributed by atoms with E-state index in [1.165, 1.54) is 14.2 Å². The molecule has 1 atom stereocenters. The number of hydrogen-bond acceptors (Lipinski definition) is 3. The van der Waals surface area contributed by atoms with Gasteiger partial charge in [0.25, 0.3) is 0 Å². The van der Waals surface area contributed by atoms with Gasteiger partial charge in [-0.2, -0.15) is 0 Å². The van der Waals surface area contributed by atoms with Gasteiger partial charge in [0, 0.05) is 7.11 Å². The molecule has 0 radical (unpaired) electrons. The minimum absolute atomic E-state index is 0.363. The Labute approximate surface area is 90.0 Å². The van der Waals surface area contributed by atoms with Crippen molar-refractivity contribution in [2.45, 2.75) is 19.4 Å². The highest BCUT2D eigenvalue weighted by molar-refractivity contribution is 5.76.